The monoisotopic (exact) mass is 1000 g/mol. The molecule has 6 N–H and O–H groups in total. The number of carbonyl (C=O) groups is 3. The fourth-order valence-corrected chi connectivity index (χ4v) is 6.86. The minimum absolute atomic E-state index is 0.0328. The van der Waals surface area contributed by atoms with Gasteiger partial charge in [-0.3, -0.25) is 34.7 Å². The SMILES string of the molecule is CC(=O)Nc1cc(NOOOOCCCCCCCCCCNCCCONC(=O)c2ccc(F)c(F)c2Nc2ccc(I)cc2F)ccc1C(=O)Nc1nc(C)c([N+](=O)[O-])s1. The maximum absolute atomic E-state index is 14.6. The molecule has 0 radical (unpaired) electrons. The number of hydrogen-bond donors (Lipinski definition) is 6. The van der Waals surface area contributed by atoms with E-state index in [0.717, 1.165) is 70.0 Å². The molecule has 0 saturated heterocycles. The molecule has 18 nitrogen and oxygen atoms in total. The summed E-state index contributed by atoms with van der Waals surface area (Å²) >= 11 is 2.63. The Morgan fingerprint density at radius 1 is 0.806 bits per heavy atom. The van der Waals surface area contributed by atoms with Gasteiger partial charge in [0.15, 0.2) is 16.8 Å². The van der Waals surface area contributed by atoms with Gasteiger partial charge in [-0.15, -0.1) is 0 Å². The molecule has 0 saturated carbocycles. The smallest absolute Gasteiger partial charge is 0.348 e. The van der Waals surface area contributed by atoms with Crippen LogP contribution in [-0.2, 0) is 29.6 Å². The van der Waals surface area contributed by atoms with Gasteiger partial charge in [0.25, 0.3) is 11.8 Å². The lowest BCUT2D eigenvalue weighted by Gasteiger charge is -2.14. The standard InChI is InChI=1S/C39H46F3IN8O10S/c1-24-38(51(55)56)62-39(45-24)48-36(53)28-14-13-27(23-33(28)46-25(2)52)49-59-61-60-58-21-10-8-6-4-3-5-7-9-18-44-19-11-20-57-50-37(54)29-15-16-30(40)34(42)35(29)47-32-17-12-26(43)22-31(32)41/h12-17,22-23,44,47,49H,3-11,18-21H2,1-2H3,(H,46,52)(H,50,54)(H,45,48,53). The molecule has 0 fully saturated rings. The van der Waals surface area contributed by atoms with Crippen LogP contribution in [0.3, 0.4) is 0 Å². The van der Waals surface area contributed by atoms with Crippen molar-refractivity contribution in [3.63, 3.8) is 0 Å². The summed E-state index contributed by atoms with van der Waals surface area (Å²) in [5, 5.41) is 30.8. The first-order valence-electron chi connectivity index (χ1n) is 19.4. The quantitative estimate of drug-likeness (QED) is 0.0103. The lowest BCUT2D eigenvalue weighted by Crippen LogP contribution is -2.27. The molecular weight excluding hydrogens is 956 g/mol. The molecule has 62 heavy (non-hydrogen) atoms. The summed E-state index contributed by atoms with van der Waals surface area (Å²) in [5.74, 6) is -5.10. The first-order chi connectivity index (χ1) is 29.8. The van der Waals surface area contributed by atoms with Crippen LogP contribution in [0.2, 0.25) is 0 Å². The van der Waals surface area contributed by atoms with E-state index in [-0.39, 0.29) is 57.2 Å². The fourth-order valence-electron chi connectivity index (χ4n) is 5.63. The van der Waals surface area contributed by atoms with Crippen molar-refractivity contribution >= 4 is 84.5 Å². The van der Waals surface area contributed by atoms with E-state index in [9.17, 15) is 37.7 Å². The van der Waals surface area contributed by atoms with Crippen molar-refractivity contribution in [1.82, 2.24) is 15.8 Å². The van der Waals surface area contributed by atoms with E-state index in [1.165, 1.54) is 44.2 Å². The second-order valence-corrected chi connectivity index (χ2v) is 15.7. The minimum atomic E-state index is -1.32. The summed E-state index contributed by atoms with van der Waals surface area (Å²) in [5.41, 5.74) is 4.43. The topological polar surface area (TPSA) is 226 Å². The summed E-state index contributed by atoms with van der Waals surface area (Å²) in [7, 11) is 0. The molecule has 336 valence electrons. The number of aryl methyl sites for hydroxylation is 1. The number of nitrogens with one attached hydrogen (secondary N) is 6. The van der Waals surface area contributed by atoms with E-state index in [1.54, 1.807) is 6.07 Å². The van der Waals surface area contributed by atoms with Gasteiger partial charge < -0.3 is 16.0 Å². The average molecular weight is 1000 g/mol. The second kappa shape index (κ2) is 26.5. The summed E-state index contributed by atoms with van der Waals surface area (Å²) in [4.78, 5) is 66.7. The van der Waals surface area contributed by atoms with Crippen LogP contribution in [0.5, 0.6) is 0 Å². The Balaban J connectivity index is 0.961. The van der Waals surface area contributed by atoms with Crippen LogP contribution in [0.4, 0.5) is 46.1 Å². The van der Waals surface area contributed by atoms with Crippen LogP contribution < -0.4 is 32.2 Å². The average Bonchev–Trinajstić information content (AvgIpc) is 3.60. The van der Waals surface area contributed by atoms with E-state index in [2.05, 4.69) is 47.3 Å². The number of hydrogen-bond acceptors (Lipinski definition) is 15. The lowest BCUT2D eigenvalue weighted by molar-refractivity contribution is -0.628. The molecule has 3 amide bonds. The normalized spacial score (nSPS) is 11.0. The highest BCUT2D eigenvalue weighted by Gasteiger charge is 2.22. The molecule has 1 aromatic heterocycles. The number of unbranched alkanes of at least 4 members (excludes halogenated alkanes) is 7. The zero-order chi connectivity index (χ0) is 44.9. The molecule has 0 spiro atoms. The van der Waals surface area contributed by atoms with Crippen LogP contribution in [0, 0.1) is 38.1 Å². The lowest BCUT2D eigenvalue weighted by atomic mass is 10.1. The molecule has 0 aliphatic heterocycles. The number of thiazole rings is 1. The first kappa shape index (κ1) is 49.6. The number of benzene rings is 3. The summed E-state index contributed by atoms with van der Waals surface area (Å²) in [6, 6.07) is 10.3. The zero-order valence-electron chi connectivity index (χ0n) is 33.7. The van der Waals surface area contributed by atoms with Gasteiger partial charge in [-0.1, -0.05) is 43.5 Å². The van der Waals surface area contributed by atoms with Crippen molar-refractivity contribution < 1.29 is 57.3 Å². The highest BCUT2D eigenvalue weighted by molar-refractivity contribution is 14.1. The van der Waals surface area contributed by atoms with Gasteiger partial charge in [0.05, 0.1) is 52.0 Å². The van der Waals surface area contributed by atoms with Crippen molar-refractivity contribution in [2.75, 3.05) is 47.7 Å². The Morgan fingerprint density at radius 3 is 2.23 bits per heavy atom. The molecule has 4 aromatic rings. The number of carbonyl (C=O) groups excluding carboxylic acids is 3. The minimum Gasteiger partial charge on any atom is -0.350 e. The van der Waals surface area contributed by atoms with Crippen molar-refractivity contribution in [1.29, 1.82) is 0 Å². The van der Waals surface area contributed by atoms with E-state index >= 15 is 0 Å². The number of nitro groups is 1. The molecule has 0 aliphatic rings. The van der Waals surface area contributed by atoms with E-state index < -0.39 is 45.8 Å². The van der Waals surface area contributed by atoms with Crippen LogP contribution in [-0.4, -0.2) is 53.9 Å². The first-order valence-corrected chi connectivity index (χ1v) is 21.3. The second-order valence-electron chi connectivity index (χ2n) is 13.5. The molecule has 0 aliphatic carbocycles. The molecule has 0 bridgehead atoms. The van der Waals surface area contributed by atoms with Gasteiger partial charge in [0.1, 0.15) is 11.5 Å². The van der Waals surface area contributed by atoms with E-state index in [0.29, 0.717) is 27.9 Å². The van der Waals surface area contributed by atoms with Crippen molar-refractivity contribution in [2.45, 2.75) is 71.6 Å². The van der Waals surface area contributed by atoms with Crippen molar-refractivity contribution in [3.05, 3.63) is 96.5 Å². The van der Waals surface area contributed by atoms with E-state index in [1.807, 2.05) is 22.6 Å². The van der Waals surface area contributed by atoms with Gasteiger partial charge in [0.2, 0.25) is 5.91 Å². The Hall–Kier alpha value is -5.02. The summed E-state index contributed by atoms with van der Waals surface area (Å²) in [6.45, 7) is 4.67. The van der Waals surface area contributed by atoms with Crippen molar-refractivity contribution in [3.8, 4) is 0 Å². The molecule has 0 unspecified atom stereocenters. The maximum atomic E-state index is 14.6. The number of rotatable bonds is 28. The predicted molar refractivity (Wildman–Crippen MR) is 232 cm³/mol. The fraction of sp³-hybridized carbons (Fsp3) is 0.385. The number of amides is 3. The molecule has 0 atom stereocenters. The van der Waals surface area contributed by atoms with Gasteiger partial charge in [-0.2, -0.15) is 0 Å². The van der Waals surface area contributed by atoms with Crippen molar-refractivity contribution in [2.24, 2.45) is 0 Å². The molecule has 1 heterocycles. The number of nitrogens with zero attached hydrogens (tertiary/aromatic N) is 2. The third-order valence-corrected chi connectivity index (χ3v) is 10.3. The number of hydroxylamine groups is 1. The molecular formula is C39H46F3IN8O10S. The largest absolute Gasteiger partial charge is 0.350 e. The highest BCUT2D eigenvalue weighted by Crippen LogP contribution is 2.31. The van der Waals surface area contributed by atoms with E-state index in [4.69, 9.17) is 14.7 Å². The summed E-state index contributed by atoms with van der Waals surface area (Å²) in [6.07, 6.45) is 8.68. The van der Waals surface area contributed by atoms with Crippen LogP contribution in [0.25, 0.3) is 0 Å². The highest BCUT2D eigenvalue weighted by atomic mass is 127. The Morgan fingerprint density at radius 2 is 1.52 bits per heavy atom. The summed E-state index contributed by atoms with van der Waals surface area (Å²) < 4.78 is 43.5. The van der Waals surface area contributed by atoms with Gasteiger partial charge in [-0.05, 0) is 132 Å². The van der Waals surface area contributed by atoms with Gasteiger partial charge in [-0.25, -0.2) is 34.0 Å². The number of aromatic nitrogens is 1. The van der Waals surface area contributed by atoms with Crippen LogP contribution in [0.15, 0.2) is 48.5 Å². The maximum Gasteiger partial charge on any atom is 0.348 e. The van der Waals surface area contributed by atoms with Crippen LogP contribution >= 0.6 is 33.9 Å². The van der Waals surface area contributed by atoms with Gasteiger partial charge in [0, 0.05) is 10.5 Å². The molecule has 23 heteroatoms. The number of halogens is 4. The molecule has 3 aromatic carbocycles. The Labute approximate surface area is 371 Å². The Bertz CT molecular complexity index is 2140. The van der Waals surface area contributed by atoms with Gasteiger partial charge >= 0.3 is 5.00 Å². The third kappa shape index (κ3) is 16.7. The third-order valence-electron chi connectivity index (χ3n) is 8.63. The van der Waals surface area contributed by atoms with Crippen LogP contribution in [0.1, 0.15) is 91.1 Å². The molecule has 4 rings (SSSR count). The predicted octanol–water partition coefficient (Wildman–Crippen LogP) is 8.94. The Kier molecular flexibility index (Phi) is 21.2. The zero-order valence-corrected chi connectivity index (χ0v) is 36.7. The number of anilines is 5.